The second kappa shape index (κ2) is 5.12. The quantitative estimate of drug-likeness (QED) is 0.763. The molecule has 0 saturated carbocycles. The van der Waals surface area contributed by atoms with E-state index in [1.165, 1.54) is 5.56 Å². The molecule has 1 aromatic carbocycles. The van der Waals surface area contributed by atoms with Crippen LogP contribution < -0.4 is 0 Å². The minimum atomic E-state index is 0.429. The Hall–Kier alpha value is -1.35. The maximum absolute atomic E-state index is 5.81. The fraction of sp³-hybridized carbons (Fsp3) is 0.333. The molecule has 16 heavy (non-hydrogen) atoms. The van der Waals surface area contributed by atoms with Gasteiger partial charge >= 0.3 is 0 Å². The largest absolute Gasteiger partial charge is 0.245 e. The molecule has 0 unspecified atom stereocenters. The summed E-state index contributed by atoms with van der Waals surface area (Å²) in [4.78, 5) is 0. The van der Waals surface area contributed by atoms with Crippen LogP contribution in [0.2, 0.25) is 0 Å². The number of alkyl halides is 1. The molecule has 0 amide bonds. The van der Waals surface area contributed by atoms with Gasteiger partial charge in [0.15, 0.2) is 0 Å². The van der Waals surface area contributed by atoms with Crippen molar-refractivity contribution in [2.45, 2.75) is 25.8 Å². The lowest BCUT2D eigenvalue weighted by Crippen LogP contribution is -2.06. The van der Waals surface area contributed by atoms with E-state index in [0.717, 1.165) is 24.4 Å². The van der Waals surface area contributed by atoms with Gasteiger partial charge in [0, 0.05) is 0 Å². The van der Waals surface area contributed by atoms with Crippen LogP contribution in [-0.4, -0.2) is 15.0 Å². The molecule has 2 aromatic rings. The zero-order valence-electron chi connectivity index (χ0n) is 9.23. The first-order valence-corrected chi connectivity index (χ1v) is 5.89. The lowest BCUT2D eigenvalue weighted by molar-refractivity contribution is 0.622. The van der Waals surface area contributed by atoms with Crippen LogP contribution in [0, 0.1) is 0 Å². The lowest BCUT2D eigenvalue weighted by Gasteiger charge is -2.05. The molecule has 1 aromatic heterocycles. The molecule has 0 bridgehead atoms. The van der Waals surface area contributed by atoms with Crippen LogP contribution >= 0.6 is 11.6 Å². The number of benzene rings is 1. The van der Waals surface area contributed by atoms with Gasteiger partial charge in [-0.25, -0.2) is 4.68 Å². The second-order valence-electron chi connectivity index (χ2n) is 3.61. The van der Waals surface area contributed by atoms with E-state index in [4.69, 9.17) is 11.6 Å². The van der Waals surface area contributed by atoms with Crippen molar-refractivity contribution in [2.75, 3.05) is 0 Å². The molecule has 0 atom stereocenters. The highest BCUT2D eigenvalue weighted by Crippen LogP contribution is 2.11. The highest BCUT2D eigenvalue weighted by Gasteiger charge is 2.09. The first-order valence-electron chi connectivity index (χ1n) is 5.36. The summed E-state index contributed by atoms with van der Waals surface area (Å²) in [5.41, 5.74) is 3.24. The Balaban J connectivity index is 2.25. The summed E-state index contributed by atoms with van der Waals surface area (Å²) in [5.74, 6) is 0.429. The number of hydrogen-bond acceptors (Lipinski definition) is 2. The van der Waals surface area contributed by atoms with E-state index in [-0.39, 0.29) is 0 Å². The van der Waals surface area contributed by atoms with Crippen molar-refractivity contribution < 1.29 is 0 Å². The normalized spacial score (nSPS) is 10.6. The topological polar surface area (TPSA) is 30.7 Å². The van der Waals surface area contributed by atoms with Crippen LogP contribution in [0.25, 0.3) is 0 Å². The van der Waals surface area contributed by atoms with Crippen LogP contribution in [0.3, 0.4) is 0 Å². The number of nitrogens with zero attached hydrogens (tertiary/aromatic N) is 3. The third-order valence-electron chi connectivity index (χ3n) is 2.55. The van der Waals surface area contributed by atoms with Crippen LogP contribution in [0.5, 0.6) is 0 Å². The summed E-state index contributed by atoms with van der Waals surface area (Å²) >= 11 is 5.81. The minimum absolute atomic E-state index is 0.429. The van der Waals surface area contributed by atoms with Crippen LogP contribution in [0.1, 0.15) is 23.9 Å². The van der Waals surface area contributed by atoms with E-state index in [0.29, 0.717) is 5.88 Å². The molecule has 2 rings (SSSR count). The standard InChI is InChI=1S/C12H14ClN3/c1-2-12-11(8-13)14-15-16(12)9-10-6-4-3-5-7-10/h3-7H,2,8-9H2,1H3. The lowest BCUT2D eigenvalue weighted by atomic mass is 10.2. The van der Waals surface area contributed by atoms with E-state index < -0.39 is 0 Å². The molecule has 0 aliphatic carbocycles. The molecule has 0 saturated heterocycles. The average Bonchev–Trinajstić information content (AvgIpc) is 2.72. The summed E-state index contributed by atoms with van der Waals surface area (Å²) in [6.45, 7) is 2.85. The summed E-state index contributed by atoms with van der Waals surface area (Å²) in [7, 11) is 0. The van der Waals surface area contributed by atoms with Crippen molar-refractivity contribution >= 4 is 11.6 Å². The first kappa shape index (κ1) is 11.1. The predicted octanol–water partition coefficient (Wildman–Crippen LogP) is 2.63. The molecular weight excluding hydrogens is 222 g/mol. The highest BCUT2D eigenvalue weighted by molar-refractivity contribution is 6.16. The Morgan fingerprint density at radius 3 is 2.62 bits per heavy atom. The molecule has 84 valence electrons. The smallest absolute Gasteiger partial charge is 0.101 e. The van der Waals surface area contributed by atoms with Crippen LogP contribution in [-0.2, 0) is 18.8 Å². The molecule has 0 radical (unpaired) electrons. The van der Waals surface area contributed by atoms with Gasteiger partial charge in [-0.3, -0.25) is 0 Å². The van der Waals surface area contributed by atoms with Gasteiger partial charge in [0.05, 0.1) is 18.1 Å². The summed E-state index contributed by atoms with van der Waals surface area (Å²) in [6.07, 6.45) is 0.905. The number of halogens is 1. The van der Waals surface area contributed by atoms with Crippen molar-refractivity contribution in [3.8, 4) is 0 Å². The van der Waals surface area contributed by atoms with Gasteiger partial charge in [0.25, 0.3) is 0 Å². The molecular formula is C12H14ClN3. The van der Waals surface area contributed by atoms with E-state index in [1.807, 2.05) is 22.9 Å². The van der Waals surface area contributed by atoms with Gasteiger partial charge in [0.1, 0.15) is 5.69 Å². The van der Waals surface area contributed by atoms with Gasteiger partial charge < -0.3 is 0 Å². The van der Waals surface area contributed by atoms with Crippen molar-refractivity contribution in [3.63, 3.8) is 0 Å². The second-order valence-corrected chi connectivity index (χ2v) is 3.88. The maximum atomic E-state index is 5.81. The summed E-state index contributed by atoms with van der Waals surface area (Å²) < 4.78 is 1.92. The van der Waals surface area contributed by atoms with Crippen molar-refractivity contribution in [1.29, 1.82) is 0 Å². The minimum Gasteiger partial charge on any atom is -0.245 e. The third-order valence-corrected chi connectivity index (χ3v) is 2.81. The fourth-order valence-electron chi connectivity index (χ4n) is 1.74. The van der Waals surface area contributed by atoms with Crippen molar-refractivity contribution in [3.05, 3.63) is 47.3 Å². The first-order chi connectivity index (χ1) is 7.85. The predicted molar refractivity (Wildman–Crippen MR) is 64.5 cm³/mol. The van der Waals surface area contributed by atoms with E-state index >= 15 is 0 Å². The van der Waals surface area contributed by atoms with Crippen LogP contribution in [0.15, 0.2) is 30.3 Å². The fourth-order valence-corrected chi connectivity index (χ4v) is 1.95. The number of hydrogen-bond donors (Lipinski definition) is 0. The van der Waals surface area contributed by atoms with Gasteiger partial charge in [-0.15, -0.1) is 16.7 Å². The highest BCUT2D eigenvalue weighted by atomic mass is 35.5. The number of rotatable bonds is 4. The summed E-state index contributed by atoms with van der Waals surface area (Å²) in [6, 6.07) is 10.2. The van der Waals surface area contributed by atoms with Crippen molar-refractivity contribution in [1.82, 2.24) is 15.0 Å². The van der Waals surface area contributed by atoms with E-state index in [1.54, 1.807) is 0 Å². The third kappa shape index (κ3) is 2.25. The monoisotopic (exact) mass is 235 g/mol. The SMILES string of the molecule is CCc1c(CCl)nnn1Cc1ccccc1. The molecule has 0 fully saturated rings. The van der Waals surface area contributed by atoms with Crippen LogP contribution in [0.4, 0.5) is 0 Å². The Bertz CT molecular complexity index is 451. The summed E-state index contributed by atoms with van der Waals surface area (Å²) in [5, 5.41) is 8.22. The van der Waals surface area contributed by atoms with Gasteiger partial charge in [-0.1, -0.05) is 42.5 Å². The average molecular weight is 236 g/mol. The molecule has 0 N–H and O–H groups in total. The Morgan fingerprint density at radius 1 is 1.25 bits per heavy atom. The van der Waals surface area contributed by atoms with Gasteiger partial charge in [0.2, 0.25) is 0 Å². The van der Waals surface area contributed by atoms with Crippen molar-refractivity contribution in [2.24, 2.45) is 0 Å². The molecule has 3 nitrogen and oxygen atoms in total. The zero-order chi connectivity index (χ0) is 11.4. The van der Waals surface area contributed by atoms with E-state index in [9.17, 15) is 0 Å². The Morgan fingerprint density at radius 2 is 2.00 bits per heavy atom. The van der Waals surface area contributed by atoms with Gasteiger partial charge in [-0.2, -0.15) is 0 Å². The maximum Gasteiger partial charge on any atom is 0.101 e. The molecule has 4 heteroatoms. The number of aromatic nitrogens is 3. The van der Waals surface area contributed by atoms with E-state index in [2.05, 4.69) is 29.4 Å². The molecule has 0 spiro atoms. The molecule has 0 aliphatic rings. The Labute approximate surface area is 100 Å². The Kier molecular flexibility index (Phi) is 3.57. The molecule has 0 aliphatic heterocycles. The van der Waals surface area contributed by atoms with Gasteiger partial charge in [-0.05, 0) is 12.0 Å². The molecule has 1 heterocycles. The zero-order valence-corrected chi connectivity index (χ0v) is 9.98.